The van der Waals surface area contributed by atoms with E-state index >= 15 is 0 Å². The summed E-state index contributed by atoms with van der Waals surface area (Å²) in [6.07, 6.45) is 3.57. The topological polar surface area (TPSA) is 49.3 Å². The first-order chi connectivity index (χ1) is 10.0. The van der Waals surface area contributed by atoms with Gasteiger partial charge in [0.1, 0.15) is 5.01 Å². The smallest absolute Gasteiger partial charge is 0.236 e. The van der Waals surface area contributed by atoms with E-state index in [1.807, 2.05) is 49.6 Å². The van der Waals surface area contributed by atoms with Crippen LogP contribution in [0.1, 0.15) is 16.3 Å². The summed E-state index contributed by atoms with van der Waals surface area (Å²) in [6, 6.07) is 3.91. The van der Waals surface area contributed by atoms with Gasteiger partial charge in [-0.25, -0.2) is 4.98 Å². The number of aryl methyl sites for hydroxylation is 1. The molecule has 2 aromatic rings. The van der Waals surface area contributed by atoms with E-state index in [-0.39, 0.29) is 5.91 Å². The van der Waals surface area contributed by atoms with Gasteiger partial charge in [-0.15, -0.1) is 11.3 Å². The Hall–Kier alpha value is -1.79. The standard InChI is InChI=1S/C15H20N4OS/c1-12-11-21-14(17-12)9-19(3)15(20)10-18(2)8-13-5-4-6-16-7-13/h4-7,11H,8-10H2,1-3H3. The highest BCUT2D eigenvalue weighted by Gasteiger charge is 2.13. The minimum atomic E-state index is 0.0919. The third kappa shape index (κ3) is 4.91. The molecule has 1 amide bonds. The van der Waals surface area contributed by atoms with Gasteiger partial charge in [-0.3, -0.25) is 14.7 Å². The van der Waals surface area contributed by atoms with Crippen LogP contribution in [0.15, 0.2) is 29.9 Å². The lowest BCUT2D eigenvalue weighted by Gasteiger charge is -2.21. The Morgan fingerprint density at radius 3 is 2.76 bits per heavy atom. The number of carbonyl (C=O) groups is 1. The predicted octanol–water partition coefficient (Wildman–Crippen LogP) is 1.94. The third-order valence-corrected chi connectivity index (χ3v) is 4.00. The molecule has 0 aliphatic carbocycles. The number of thiazole rings is 1. The van der Waals surface area contributed by atoms with Gasteiger partial charge in [-0.1, -0.05) is 6.07 Å². The fraction of sp³-hybridized carbons (Fsp3) is 0.400. The SMILES string of the molecule is Cc1csc(CN(C)C(=O)CN(C)Cc2cccnc2)n1. The predicted molar refractivity (Wildman–Crippen MR) is 83.9 cm³/mol. The fourth-order valence-electron chi connectivity index (χ4n) is 1.98. The number of hydrogen-bond acceptors (Lipinski definition) is 5. The van der Waals surface area contributed by atoms with E-state index in [0.717, 1.165) is 16.3 Å². The van der Waals surface area contributed by atoms with Gasteiger partial charge in [0.15, 0.2) is 0 Å². The average molecular weight is 304 g/mol. The highest BCUT2D eigenvalue weighted by Crippen LogP contribution is 2.11. The van der Waals surface area contributed by atoms with Crippen LogP contribution in [0.2, 0.25) is 0 Å². The largest absolute Gasteiger partial charge is 0.338 e. The van der Waals surface area contributed by atoms with Crippen LogP contribution in [-0.4, -0.2) is 46.3 Å². The number of aromatic nitrogens is 2. The number of hydrogen-bond donors (Lipinski definition) is 0. The van der Waals surface area contributed by atoms with E-state index < -0.39 is 0 Å². The van der Waals surface area contributed by atoms with Crippen molar-refractivity contribution in [3.05, 3.63) is 46.2 Å². The Morgan fingerprint density at radius 2 is 2.14 bits per heavy atom. The van der Waals surface area contributed by atoms with Crippen LogP contribution in [0.3, 0.4) is 0 Å². The summed E-state index contributed by atoms with van der Waals surface area (Å²) in [6.45, 7) is 3.63. The minimum Gasteiger partial charge on any atom is -0.338 e. The van der Waals surface area contributed by atoms with Crippen LogP contribution in [-0.2, 0) is 17.9 Å². The molecule has 6 heteroatoms. The summed E-state index contributed by atoms with van der Waals surface area (Å²) in [5.41, 5.74) is 2.11. The summed E-state index contributed by atoms with van der Waals surface area (Å²) in [7, 11) is 3.75. The lowest BCUT2D eigenvalue weighted by Crippen LogP contribution is -2.36. The summed E-state index contributed by atoms with van der Waals surface area (Å²) in [5.74, 6) is 0.0919. The van der Waals surface area contributed by atoms with E-state index in [9.17, 15) is 4.79 Å². The van der Waals surface area contributed by atoms with Crippen molar-refractivity contribution in [3.63, 3.8) is 0 Å². The highest BCUT2D eigenvalue weighted by molar-refractivity contribution is 7.09. The van der Waals surface area contributed by atoms with Crippen molar-refractivity contribution in [2.45, 2.75) is 20.0 Å². The lowest BCUT2D eigenvalue weighted by atomic mass is 10.2. The monoisotopic (exact) mass is 304 g/mol. The fourth-order valence-corrected chi connectivity index (χ4v) is 2.80. The number of amides is 1. The first-order valence-electron chi connectivity index (χ1n) is 6.77. The van der Waals surface area contributed by atoms with Crippen LogP contribution in [0.25, 0.3) is 0 Å². The molecule has 0 spiro atoms. The van der Waals surface area contributed by atoms with Gasteiger partial charge in [0.25, 0.3) is 0 Å². The quantitative estimate of drug-likeness (QED) is 0.818. The van der Waals surface area contributed by atoms with Gasteiger partial charge in [-0.2, -0.15) is 0 Å². The van der Waals surface area contributed by atoms with Crippen LogP contribution >= 0.6 is 11.3 Å². The molecule has 0 bridgehead atoms. The molecule has 0 aliphatic heterocycles. The van der Waals surface area contributed by atoms with Crippen molar-refractivity contribution < 1.29 is 4.79 Å². The molecule has 0 N–H and O–H groups in total. The first kappa shape index (κ1) is 15.6. The minimum absolute atomic E-state index is 0.0919. The second-order valence-corrected chi connectivity index (χ2v) is 6.11. The molecule has 0 atom stereocenters. The van der Waals surface area contributed by atoms with Crippen LogP contribution in [0, 0.1) is 6.92 Å². The third-order valence-electron chi connectivity index (χ3n) is 3.05. The molecule has 0 saturated carbocycles. The number of carbonyl (C=O) groups excluding carboxylic acids is 1. The van der Waals surface area contributed by atoms with Crippen molar-refractivity contribution in [1.82, 2.24) is 19.8 Å². The molecule has 0 unspecified atom stereocenters. The summed E-state index contributed by atoms with van der Waals surface area (Å²) >= 11 is 1.59. The Kier molecular flexibility index (Phi) is 5.41. The zero-order chi connectivity index (χ0) is 15.2. The van der Waals surface area contributed by atoms with Crippen LogP contribution < -0.4 is 0 Å². The average Bonchev–Trinajstić information content (AvgIpc) is 2.85. The van der Waals surface area contributed by atoms with E-state index in [1.54, 1.807) is 22.4 Å². The Morgan fingerprint density at radius 1 is 1.33 bits per heavy atom. The summed E-state index contributed by atoms with van der Waals surface area (Å²) in [5, 5.41) is 2.97. The van der Waals surface area contributed by atoms with Crippen molar-refractivity contribution in [2.24, 2.45) is 0 Å². The van der Waals surface area contributed by atoms with E-state index in [2.05, 4.69) is 9.97 Å². The maximum Gasteiger partial charge on any atom is 0.236 e. The molecular weight excluding hydrogens is 284 g/mol. The number of rotatable bonds is 6. The molecule has 112 valence electrons. The molecular formula is C15H20N4OS. The van der Waals surface area contributed by atoms with Crippen molar-refractivity contribution in [1.29, 1.82) is 0 Å². The molecule has 2 heterocycles. The number of nitrogens with zero attached hydrogens (tertiary/aromatic N) is 4. The molecule has 5 nitrogen and oxygen atoms in total. The van der Waals surface area contributed by atoms with Crippen molar-refractivity contribution in [3.8, 4) is 0 Å². The van der Waals surface area contributed by atoms with Gasteiger partial charge in [0, 0.05) is 37.1 Å². The van der Waals surface area contributed by atoms with Crippen LogP contribution in [0.4, 0.5) is 0 Å². The van der Waals surface area contributed by atoms with Crippen LogP contribution in [0.5, 0.6) is 0 Å². The van der Waals surface area contributed by atoms with Gasteiger partial charge in [0.2, 0.25) is 5.91 Å². The Labute approximate surface area is 129 Å². The summed E-state index contributed by atoms with van der Waals surface area (Å²) in [4.78, 5) is 24.4. The van der Waals surface area contributed by atoms with Gasteiger partial charge in [-0.05, 0) is 25.6 Å². The Bertz CT molecular complexity index is 584. The molecule has 0 aromatic carbocycles. The van der Waals surface area contributed by atoms with E-state index in [0.29, 0.717) is 19.6 Å². The lowest BCUT2D eigenvalue weighted by molar-refractivity contribution is -0.131. The second kappa shape index (κ2) is 7.28. The molecule has 2 aromatic heterocycles. The first-order valence-corrected chi connectivity index (χ1v) is 7.65. The zero-order valence-corrected chi connectivity index (χ0v) is 13.4. The van der Waals surface area contributed by atoms with Gasteiger partial charge < -0.3 is 4.90 Å². The van der Waals surface area contributed by atoms with Crippen molar-refractivity contribution in [2.75, 3.05) is 20.6 Å². The normalized spacial score (nSPS) is 10.9. The van der Waals surface area contributed by atoms with Crippen molar-refractivity contribution >= 4 is 17.2 Å². The molecule has 0 saturated heterocycles. The molecule has 2 rings (SSSR count). The van der Waals surface area contributed by atoms with E-state index in [1.165, 1.54) is 0 Å². The number of pyridine rings is 1. The molecule has 0 aliphatic rings. The molecule has 21 heavy (non-hydrogen) atoms. The second-order valence-electron chi connectivity index (χ2n) is 5.17. The summed E-state index contributed by atoms with van der Waals surface area (Å²) < 4.78 is 0. The maximum atomic E-state index is 12.2. The maximum absolute atomic E-state index is 12.2. The molecule has 0 fully saturated rings. The van der Waals surface area contributed by atoms with Gasteiger partial charge >= 0.3 is 0 Å². The number of likely N-dealkylation sites (N-methyl/N-ethyl adjacent to an activating group) is 2. The van der Waals surface area contributed by atoms with E-state index in [4.69, 9.17) is 0 Å². The molecule has 0 radical (unpaired) electrons. The zero-order valence-electron chi connectivity index (χ0n) is 12.6. The van der Waals surface area contributed by atoms with Gasteiger partial charge in [0.05, 0.1) is 13.1 Å². The highest BCUT2D eigenvalue weighted by atomic mass is 32.1. The Balaban J connectivity index is 1.82.